The van der Waals surface area contributed by atoms with E-state index in [1.807, 2.05) is 0 Å². The number of esters is 1. The van der Waals surface area contributed by atoms with E-state index in [2.05, 4.69) is 15.3 Å². The summed E-state index contributed by atoms with van der Waals surface area (Å²) in [4.78, 5) is 20.3. The monoisotopic (exact) mass is 403 g/mol. The average Bonchev–Trinajstić information content (AvgIpc) is 2.69. The summed E-state index contributed by atoms with van der Waals surface area (Å²) in [5.74, 6) is -1.27. The van der Waals surface area contributed by atoms with Gasteiger partial charge in [-0.05, 0) is 49.4 Å². The molecule has 0 atom stereocenters. The Hall–Kier alpha value is -3.06. The second-order valence-corrected chi connectivity index (χ2v) is 6.16. The van der Waals surface area contributed by atoms with Crippen LogP contribution in [0.25, 0.3) is 22.5 Å². The summed E-state index contributed by atoms with van der Waals surface area (Å²) in [5, 5.41) is 2.79. The number of nitrogens with zero attached hydrogens (tertiary/aromatic N) is 2. The van der Waals surface area contributed by atoms with Crippen molar-refractivity contribution in [2.24, 2.45) is 0 Å². The summed E-state index contributed by atoms with van der Waals surface area (Å²) >= 11 is 5.75. The third-order valence-corrected chi connectivity index (χ3v) is 4.08. The molecule has 144 valence electrons. The Bertz CT molecular complexity index is 997. The Kier molecular flexibility index (Phi) is 6.16. The molecule has 3 rings (SSSR count). The summed E-state index contributed by atoms with van der Waals surface area (Å²) < 4.78 is 32.0. The lowest BCUT2D eigenvalue weighted by Gasteiger charge is -2.10. The number of hydrogen-bond acceptors (Lipinski definition) is 5. The lowest BCUT2D eigenvalue weighted by Crippen LogP contribution is -2.18. The van der Waals surface area contributed by atoms with Crippen LogP contribution in [0.1, 0.15) is 6.92 Å². The molecule has 0 bridgehead atoms. The van der Waals surface area contributed by atoms with Gasteiger partial charge in [0.1, 0.15) is 18.2 Å². The van der Waals surface area contributed by atoms with Gasteiger partial charge in [0, 0.05) is 11.1 Å². The van der Waals surface area contributed by atoms with E-state index < -0.39 is 11.8 Å². The first kappa shape index (κ1) is 19.7. The summed E-state index contributed by atoms with van der Waals surface area (Å²) in [6.45, 7) is 1.83. The fraction of sp³-hybridized carbons (Fsp3) is 0.150. The van der Waals surface area contributed by atoms with Crippen molar-refractivity contribution in [2.75, 3.05) is 18.5 Å². The number of ether oxygens (including phenoxy) is 1. The maximum atomic E-state index is 13.9. The van der Waals surface area contributed by atoms with Crippen LogP contribution in [0.2, 0.25) is 5.02 Å². The van der Waals surface area contributed by atoms with E-state index in [-0.39, 0.29) is 29.9 Å². The number of carbonyl (C=O) groups is 1. The minimum Gasteiger partial charge on any atom is -0.465 e. The molecule has 1 N–H and O–H groups in total. The summed E-state index contributed by atoms with van der Waals surface area (Å²) in [6, 6.07) is 11.7. The van der Waals surface area contributed by atoms with Crippen LogP contribution in [0.15, 0.2) is 48.5 Å². The van der Waals surface area contributed by atoms with E-state index in [0.717, 1.165) is 0 Å². The summed E-state index contributed by atoms with van der Waals surface area (Å²) in [7, 11) is 0. The minimum absolute atomic E-state index is 0.00257. The van der Waals surface area contributed by atoms with Gasteiger partial charge in [-0.1, -0.05) is 17.7 Å². The van der Waals surface area contributed by atoms with Crippen LogP contribution >= 0.6 is 11.6 Å². The quantitative estimate of drug-likeness (QED) is 0.603. The molecule has 0 saturated heterocycles. The molecule has 0 spiro atoms. The first-order chi connectivity index (χ1) is 13.5. The molecule has 0 aliphatic rings. The number of halogens is 3. The number of anilines is 1. The van der Waals surface area contributed by atoms with Crippen molar-refractivity contribution in [3.05, 3.63) is 65.2 Å². The van der Waals surface area contributed by atoms with Gasteiger partial charge >= 0.3 is 5.97 Å². The molecule has 28 heavy (non-hydrogen) atoms. The van der Waals surface area contributed by atoms with E-state index in [0.29, 0.717) is 22.5 Å². The molecule has 5 nitrogen and oxygen atoms in total. The predicted octanol–water partition coefficient (Wildman–Crippen LogP) is 4.72. The van der Waals surface area contributed by atoms with Gasteiger partial charge in [0.2, 0.25) is 5.95 Å². The first-order valence-electron chi connectivity index (χ1n) is 8.46. The average molecular weight is 404 g/mol. The van der Waals surface area contributed by atoms with E-state index in [1.54, 1.807) is 31.2 Å². The molecule has 0 aliphatic heterocycles. The SMILES string of the molecule is CCOC(=O)CNc1nc(-c2ccc(F)cc2)cc(-c2ccc(Cl)c(F)c2)n1. The van der Waals surface area contributed by atoms with Crippen LogP contribution in [-0.2, 0) is 9.53 Å². The smallest absolute Gasteiger partial charge is 0.325 e. The predicted molar refractivity (Wildman–Crippen MR) is 103 cm³/mol. The first-order valence-corrected chi connectivity index (χ1v) is 8.84. The van der Waals surface area contributed by atoms with Crippen LogP contribution in [0.4, 0.5) is 14.7 Å². The maximum absolute atomic E-state index is 13.9. The Balaban J connectivity index is 2.01. The molecular formula is C20H16ClF2N3O2. The molecule has 1 heterocycles. The second kappa shape index (κ2) is 8.75. The van der Waals surface area contributed by atoms with Gasteiger partial charge in [0.25, 0.3) is 0 Å². The van der Waals surface area contributed by atoms with Crippen LogP contribution < -0.4 is 5.32 Å². The summed E-state index contributed by atoms with van der Waals surface area (Å²) in [6.07, 6.45) is 0. The van der Waals surface area contributed by atoms with Gasteiger partial charge in [-0.25, -0.2) is 18.7 Å². The number of hydrogen-bond donors (Lipinski definition) is 1. The molecule has 0 amide bonds. The van der Waals surface area contributed by atoms with Crippen molar-refractivity contribution in [2.45, 2.75) is 6.92 Å². The zero-order valence-electron chi connectivity index (χ0n) is 14.9. The molecule has 0 unspecified atom stereocenters. The van der Waals surface area contributed by atoms with Crippen molar-refractivity contribution in [3.63, 3.8) is 0 Å². The fourth-order valence-corrected chi connectivity index (χ4v) is 2.58. The van der Waals surface area contributed by atoms with Gasteiger partial charge in [-0.15, -0.1) is 0 Å². The Morgan fingerprint density at radius 1 is 1.04 bits per heavy atom. The zero-order valence-corrected chi connectivity index (χ0v) is 15.6. The molecular weight excluding hydrogens is 388 g/mol. The highest BCUT2D eigenvalue weighted by Crippen LogP contribution is 2.27. The number of carbonyl (C=O) groups excluding carboxylic acids is 1. The highest BCUT2D eigenvalue weighted by atomic mass is 35.5. The lowest BCUT2D eigenvalue weighted by molar-refractivity contribution is -0.140. The van der Waals surface area contributed by atoms with E-state index in [9.17, 15) is 13.6 Å². The fourth-order valence-electron chi connectivity index (χ4n) is 2.46. The Labute approximate surface area is 165 Å². The Morgan fingerprint density at radius 3 is 2.32 bits per heavy atom. The molecule has 0 aliphatic carbocycles. The number of benzene rings is 2. The molecule has 8 heteroatoms. The second-order valence-electron chi connectivity index (χ2n) is 5.76. The van der Waals surface area contributed by atoms with Crippen molar-refractivity contribution < 1.29 is 18.3 Å². The van der Waals surface area contributed by atoms with Crippen LogP contribution in [0, 0.1) is 11.6 Å². The largest absolute Gasteiger partial charge is 0.465 e. The normalized spacial score (nSPS) is 10.6. The molecule has 3 aromatic rings. The maximum Gasteiger partial charge on any atom is 0.325 e. The minimum atomic E-state index is -0.581. The third-order valence-electron chi connectivity index (χ3n) is 3.78. The van der Waals surface area contributed by atoms with Gasteiger partial charge in [0.05, 0.1) is 23.0 Å². The van der Waals surface area contributed by atoms with Gasteiger partial charge in [0.15, 0.2) is 0 Å². The van der Waals surface area contributed by atoms with E-state index in [1.165, 1.54) is 24.3 Å². The number of aromatic nitrogens is 2. The zero-order chi connectivity index (χ0) is 20.1. The Morgan fingerprint density at radius 2 is 1.68 bits per heavy atom. The van der Waals surface area contributed by atoms with E-state index in [4.69, 9.17) is 16.3 Å². The molecule has 0 saturated carbocycles. The van der Waals surface area contributed by atoms with Gasteiger partial charge < -0.3 is 10.1 Å². The highest BCUT2D eigenvalue weighted by Gasteiger charge is 2.12. The topological polar surface area (TPSA) is 64.1 Å². The van der Waals surface area contributed by atoms with Gasteiger partial charge in [-0.2, -0.15) is 0 Å². The molecule has 1 aromatic heterocycles. The highest BCUT2D eigenvalue weighted by molar-refractivity contribution is 6.30. The van der Waals surface area contributed by atoms with E-state index >= 15 is 0 Å². The molecule has 0 radical (unpaired) electrons. The molecule has 2 aromatic carbocycles. The number of rotatable bonds is 6. The van der Waals surface area contributed by atoms with Crippen molar-refractivity contribution >= 4 is 23.5 Å². The number of nitrogens with one attached hydrogen (secondary N) is 1. The van der Waals surface area contributed by atoms with Crippen molar-refractivity contribution in [1.29, 1.82) is 0 Å². The standard InChI is InChI=1S/C20H16ClF2N3O2/c1-2-28-19(27)11-24-20-25-17(12-3-6-14(22)7-4-12)10-18(26-20)13-5-8-15(21)16(23)9-13/h3-10H,2,11H2,1H3,(H,24,25,26). The van der Waals surface area contributed by atoms with Crippen molar-refractivity contribution in [3.8, 4) is 22.5 Å². The van der Waals surface area contributed by atoms with Crippen LogP contribution in [-0.4, -0.2) is 29.1 Å². The summed E-state index contributed by atoms with van der Waals surface area (Å²) in [5.41, 5.74) is 2.01. The lowest BCUT2D eigenvalue weighted by atomic mass is 10.1. The van der Waals surface area contributed by atoms with Crippen LogP contribution in [0.3, 0.4) is 0 Å². The third kappa shape index (κ3) is 4.80. The van der Waals surface area contributed by atoms with Gasteiger partial charge in [-0.3, -0.25) is 4.79 Å². The van der Waals surface area contributed by atoms with Crippen LogP contribution in [0.5, 0.6) is 0 Å². The molecule has 0 fully saturated rings. The van der Waals surface area contributed by atoms with Crippen molar-refractivity contribution in [1.82, 2.24) is 9.97 Å².